The van der Waals surface area contributed by atoms with E-state index < -0.39 is 29.7 Å². The Balaban J connectivity index is 2.19. The van der Waals surface area contributed by atoms with E-state index >= 15 is 0 Å². The third kappa shape index (κ3) is 4.91. The van der Waals surface area contributed by atoms with Crippen molar-refractivity contribution in [2.45, 2.75) is 44.9 Å². The van der Waals surface area contributed by atoms with Crippen LogP contribution in [0.25, 0.3) is 0 Å². The van der Waals surface area contributed by atoms with Crippen molar-refractivity contribution >= 4 is 23.5 Å². The quantitative estimate of drug-likeness (QED) is 0.893. The Morgan fingerprint density at radius 3 is 2.74 bits per heavy atom. The van der Waals surface area contributed by atoms with Crippen molar-refractivity contribution in [1.29, 1.82) is 0 Å². The fourth-order valence-corrected chi connectivity index (χ4v) is 2.49. The van der Waals surface area contributed by atoms with Gasteiger partial charge in [-0.05, 0) is 32.9 Å². The molecule has 7 heteroatoms. The van der Waals surface area contributed by atoms with Crippen LogP contribution in [-0.2, 0) is 14.3 Å². The fraction of sp³-hybridized carbons (Fsp3) is 0.500. The van der Waals surface area contributed by atoms with E-state index in [1.54, 1.807) is 20.8 Å². The number of ketones is 1. The molecular weight excluding hydrogens is 325 g/mol. The summed E-state index contributed by atoms with van der Waals surface area (Å²) in [6.45, 7) is 5.06. The molecule has 1 saturated heterocycles. The smallest absolute Gasteiger partial charge is 0.407 e. The second-order valence-corrected chi connectivity index (χ2v) is 6.83. The number of hydrogen-bond donors (Lipinski definition) is 1. The Kier molecular flexibility index (Phi) is 5.26. The maximum absolute atomic E-state index is 14.1. The average Bonchev–Trinajstić information content (AvgIpc) is 2.37. The fourth-order valence-electron chi connectivity index (χ4n) is 2.33. The van der Waals surface area contributed by atoms with Crippen LogP contribution in [0.2, 0.25) is 5.02 Å². The molecule has 0 aliphatic carbocycles. The molecule has 0 radical (unpaired) electrons. The number of benzene rings is 1. The van der Waals surface area contributed by atoms with Gasteiger partial charge < -0.3 is 14.8 Å². The summed E-state index contributed by atoms with van der Waals surface area (Å²) >= 11 is 5.75. The van der Waals surface area contributed by atoms with Crippen molar-refractivity contribution < 1.29 is 23.5 Å². The normalized spacial score (nSPS) is 21.9. The van der Waals surface area contributed by atoms with Crippen molar-refractivity contribution in [3.63, 3.8) is 0 Å². The lowest BCUT2D eigenvalue weighted by atomic mass is 9.95. The van der Waals surface area contributed by atoms with Gasteiger partial charge in [-0.15, -0.1) is 0 Å². The third-order valence-electron chi connectivity index (χ3n) is 3.21. The van der Waals surface area contributed by atoms with E-state index in [1.807, 2.05) is 0 Å². The van der Waals surface area contributed by atoms with E-state index in [1.165, 1.54) is 18.2 Å². The van der Waals surface area contributed by atoms with Gasteiger partial charge >= 0.3 is 6.09 Å². The molecule has 2 rings (SSSR count). The topological polar surface area (TPSA) is 64.6 Å². The first-order valence-electron chi connectivity index (χ1n) is 7.23. The summed E-state index contributed by atoms with van der Waals surface area (Å²) in [6, 6.07) is 3.48. The molecule has 1 heterocycles. The Morgan fingerprint density at radius 1 is 1.43 bits per heavy atom. The Labute approximate surface area is 139 Å². The Morgan fingerprint density at radius 2 is 2.13 bits per heavy atom. The van der Waals surface area contributed by atoms with Crippen LogP contribution in [0.1, 0.15) is 38.9 Å². The highest BCUT2D eigenvalue weighted by atomic mass is 35.5. The SMILES string of the molecule is CC(C)(C)OC(=O)NC1CC(=O)COC1c1ccc(Cl)cc1F. The van der Waals surface area contributed by atoms with E-state index in [2.05, 4.69) is 5.32 Å². The first kappa shape index (κ1) is 17.7. The van der Waals surface area contributed by atoms with Gasteiger partial charge in [-0.3, -0.25) is 4.79 Å². The molecule has 0 bridgehead atoms. The van der Waals surface area contributed by atoms with Gasteiger partial charge in [0, 0.05) is 17.0 Å². The van der Waals surface area contributed by atoms with Gasteiger partial charge in [-0.1, -0.05) is 17.7 Å². The molecule has 23 heavy (non-hydrogen) atoms. The monoisotopic (exact) mass is 343 g/mol. The van der Waals surface area contributed by atoms with Gasteiger partial charge in [0.05, 0.1) is 6.04 Å². The van der Waals surface area contributed by atoms with E-state index in [0.717, 1.165) is 0 Å². The first-order valence-corrected chi connectivity index (χ1v) is 7.61. The molecule has 1 aliphatic heterocycles. The predicted molar refractivity (Wildman–Crippen MR) is 82.9 cm³/mol. The highest BCUT2D eigenvalue weighted by Crippen LogP contribution is 2.30. The molecule has 1 aliphatic rings. The molecule has 1 amide bonds. The molecule has 2 atom stereocenters. The largest absolute Gasteiger partial charge is 0.444 e. The molecule has 1 aromatic rings. The van der Waals surface area contributed by atoms with Crippen LogP contribution in [0.5, 0.6) is 0 Å². The van der Waals surface area contributed by atoms with Crippen LogP contribution in [-0.4, -0.2) is 30.1 Å². The summed E-state index contributed by atoms with van der Waals surface area (Å²) in [6.07, 6.45) is -1.41. The third-order valence-corrected chi connectivity index (χ3v) is 3.44. The molecule has 1 fully saturated rings. The number of Topliss-reactive ketones (excluding diaryl/α,β-unsaturated/α-hetero) is 1. The van der Waals surface area contributed by atoms with Crippen molar-refractivity contribution in [3.05, 3.63) is 34.6 Å². The van der Waals surface area contributed by atoms with Gasteiger partial charge in [0.1, 0.15) is 24.1 Å². The van der Waals surface area contributed by atoms with Crippen molar-refractivity contribution in [3.8, 4) is 0 Å². The molecule has 1 N–H and O–H groups in total. The van der Waals surface area contributed by atoms with Crippen molar-refractivity contribution in [1.82, 2.24) is 5.32 Å². The maximum Gasteiger partial charge on any atom is 0.407 e. The molecule has 0 spiro atoms. The molecule has 1 aromatic carbocycles. The van der Waals surface area contributed by atoms with Crippen LogP contribution < -0.4 is 5.32 Å². The number of alkyl carbamates (subject to hydrolysis) is 1. The minimum Gasteiger partial charge on any atom is -0.444 e. The minimum absolute atomic E-state index is 0.0476. The molecule has 0 aromatic heterocycles. The lowest BCUT2D eigenvalue weighted by Crippen LogP contribution is -2.47. The van der Waals surface area contributed by atoms with Crippen LogP contribution >= 0.6 is 11.6 Å². The summed E-state index contributed by atoms with van der Waals surface area (Å²) < 4.78 is 24.7. The van der Waals surface area contributed by atoms with Crippen LogP contribution in [0.15, 0.2) is 18.2 Å². The number of carbonyl (C=O) groups is 2. The second kappa shape index (κ2) is 6.84. The summed E-state index contributed by atoms with van der Waals surface area (Å²) in [5.74, 6) is -0.718. The van der Waals surface area contributed by atoms with E-state index in [0.29, 0.717) is 0 Å². The van der Waals surface area contributed by atoms with E-state index in [-0.39, 0.29) is 29.4 Å². The first-order chi connectivity index (χ1) is 10.7. The second-order valence-electron chi connectivity index (χ2n) is 6.39. The van der Waals surface area contributed by atoms with E-state index in [4.69, 9.17) is 21.1 Å². The zero-order valence-electron chi connectivity index (χ0n) is 13.2. The predicted octanol–water partition coefficient (Wildman–Crippen LogP) is 3.40. The molecule has 0 saturated carbocycles. The summed E-state index contributed by atoms with van der Waals surface area (Å²) in [5.41, 5.74) is -0.437. The number of rotatable bonds is 2. The zero-order chi connectivity index (χ0) is 17.2. The van der Waals surface area contributed by atoms with E-state index in [9.17, 15) is 14.0 Å². The Hall–Kier alpha value is -1.66. The van der Waals surface area contributed by atoms with Gasteiger partial charge in [0.2, 0.25) is 0 Å². The number of amides is 1. The highest BCUT2D eigenvalue weighted by molar-refractivity contribution is 6.30. The Bertz CT molecular complexity index is 615. The summed E-state index contributed by atoms with van der Waals surface area (Å²) in [5, 5.41) is 2.85. The van der Waals surface area contributed by atoms with Crippen molar-refractivity contribution in [2.24, 2.45) is 0 Å². The zero-order valence-corrected chi connectivity index (χ0v) is 13.9. The number of carbonyl (C=O) groups excluding carboxylic acids is 2. The number of halogens is 2. The minimum atomic E-state index is -0.780. The molecule has 5 nitrogen and oxygen atoms in total. The lowest BCUT2D eigenvalue weighted by Gasteiger charge is -2.32. The number of hydrogen-bond acceptors (Lipinski definition) is 4. The molecule has 2 unspecified atom stereocenters. The number of ether oxygens (including phenoxy) is 2. The van der Waals surface area contributed by atoms with Gasteiger partial charge in [0.15, 0.2) is 5.78 Å². The van der Waals surface area contributed by atoms with Crippen LogP contribution in [0, 0.1) is 5.82 Å². The summed E-state index contributed by atoms with van der Waals surface area (Å²) in [4.78, 5) is 23.6. The van der Waals surface area contributed by atoms with Gasteiger partial charge in [-0.25, -0.2) is 9.18 Å². The average molecular weight is 344 g/mol. The van der Waals surface area contributed by atoms with Crippen LogP contribution in [0.3, 0.4) is 0 Å². The summed E-state index contributed by atoms with van der Waals surface area (Å²) in [7, 11) is 0. The number of nitrogens with one attached hydrogen (secondary N) is 1. The lowest BCUT2D eigenvalue weighted by molar-refractivity contribution is -0.133. The molecular formula is C16H19ClFNO4. The van der Waals surface area contributed by atoms with Gasteiger partial charge in [-0.2, -0.15) is 0 Å². The highest BCUT2D eigenvalue weighted by Gasteiger charge is 2.35. The standard InChI is InChI=1S/C16H19ClFNO4/c1-16(2,3)23-15(21)19-13-7-10(20)8-22-14(13)11-5-4-9(17)6-12(11)18/h4-6,13-14H,7-8H2,1-3H3,(H,19,21). The van der Waals surface area contributed by atoms with Gasteiger partial charge in [0.25, 0.3) is 0 Å². The maximum atomic E-state index is 14.1. The van der Waals surface area contributed by atoms with Crippen molar-refractivity contribution in [2.75, 3.05) is 6.61 Å². The van der Waals surface area contributed by atoms with Crippen LogP contribution in [0.4, 0.5) is 9.18 Å². The molecule has 126 valence electrons.